The Morgan fingerprint density at radius 2 is 1.46 bits per heavy atom. The van der Waals surface area contributed by atoms with Crippen LogP contribution in [0.3, 0.4) is 0 Å². The minimum absolute atomic E-state index is 0.216. The van der Waals surface area contributed by atoms with Gasteiger partial charge in [0, 0.05) is 6.42 Å². The molecule has 3 N–H and O–H groups in total. The third-order valence-corrected chi connectivity index (χ3v) is 7.26. The maximum atomic E-state index is 13.2. The average molecular weight is 594 g/mol. The lowest BCUT2D eigenvalue weighted by Crippen LogP contribution is -2.45. The Kier molecular flexibility index (Phi) is 9.27. The van der Waals surface area contributed by atoms with E-state index in [-0.39, 0.29) is 18.4 Å². The van der Waals surface area contributed by atoms with Crippen molar-refractivity contribution in [1.82, 2.24) is 5.32 Å². The predicted octanol–water partition coefficient (Wildman–Crippen LogP) is 6.06. The Balaban J connectivity index is 1.53. The molecule has 210 valence electrons. The minimum atomic E-state index is -1.42. The van der Waals surface area contributed by atoms with Crippen LogP contribution in [0.5, 0.6) is 0 Å². The molecule has 1 amide bonds. The van der Waals surface area contributed by atoms with Crippen LogP contribution in [0.25, 0.3) is 10.8 Å². The molecule has 10 heteroatoms. The first kappa shape index (κ1) is 29.6. The largest absolute Gasteiger partial charge is 0.478 e. The molecule has 0 bridgehead atoms. The second-order valence-electron chi connectivity index (χ2n) is 9.48. The van der Waals surface area contributed by atoms with Crippen LogP contribution in [0.4, 0.5) is 0 Å². The van der Waals surface area contributed by atoms with Crippen molar-refractivity contribution < 1.29 is 34.1 Å². The molecule has 0 saturated carbocycles. The molecule has 0 saturated heterocycles. The number of amides is 1. The van der Waals surface area contributed by atoms with E-state index in [1.54, 1.807) is 37.3 Å². The van der Waals surface area contributed by atoms with E-state index in [9.17, 15) is 29.4 Å². The maximum absolute atomic E-state index is 13.2. The van der Waals surface area contributed by atoms with Crippen molar-refractivity contribution in [3.8, 4) is 0 Å². The van der Waals surface area contributed by atoms with Crippen molar-refractivity contribution >= 4 is 57.8 Å². The highest BCUT2D eigenvalue weighted by Crippen LogP contribution is 2.25. The summed E-state index contributed by atoms with van der Waals surface area (Å²) in [4.78, 5) is 49.0. The van der Waals surface area contributed by atoms with Crippen LogP contribution < -0.4 is 5.32 Å². The molecular weight excluding hydrogens is 569 g/mol. The summed E-state index contributed by atoms with van der Waals surface area (Å²) in [6.45, 7) is 1.68. The van der Waals surface area contributed by atoms with Gasteiger partial charge in [0.25, 0.3) is 0 Å². The SMILES string of the molecule is C[C@H](NC(=O)Cc1ccc(C(=O)O)c(C(=O)O)c1)[C@H](Cc1ccc(Cl)c(Cl)c1)OC(=O)c1ccc2ccccc2c1. The molecule has 4 aromatic rings. The summed E-state index contributed by atoms with van der Waals surface area (Å²) in [5.74, 6) is -3.85. The van der Waals surface area contributed by atoms with Gasteiger partial charge < -0.3 is 20.3 Å². The zero-order chi connectivity index (χ0) is 29.7. The number of esters is 1. The first-order valence-corrected chi connectivity index (χ1v) is 13.3. The van der Waals surface area contributed by atoms with Gasteiger partial charge in [-0.1, -0.05) is 65.7 Å². The van der Waals surface area contributed by atoms with E-state index < -0.39 is 41.5 Å². The number of nitrogens with one attached hydrogen (secondary N) is 1. The fourth-order valence-electron chi connectivity index (χ4n) is 4.39. The van der Waals surface area contributed by atoms with Gasteiger partial charge in [0.2, 0.25) is 5.91 Å². The van der Waals surface area contributed by atoms with Crippen LogP contribution in [-0.2, 0) is 22.4 Å². The summed E-state index contributed by atoms with van der Waals surface area (Å²) < 4.78 is 5.89. The van der Waals surface area contributed by atoms with E-state index in [2.05, 4.69) is 5.32 Å². The van der Waals surface area contributed by atoms with E-state index in [0.29, 0.717) is 21.2 Å². The Hall–Kier alpha value is -4.40. The number of ether oxygens (including phenoxy) is 1. The third-order valence-electron chi connectivity index (χ3n) is 6.52. The smallest absolute Gasteiger partial charge is 0.338 e. The normalized spacial score (nSPS) is 12.4. The summed E-state index contributed by atoms with van der Waals surface area (Å²) in [6.07, 6.45) is -0.810. The monoisotopic (exact) mass is 593 g/mol. The number of fused-ring (bicyclic) bond motifs is 1. The molecular formula is C31H25Cl2NO7. The van der Waals surface area contributed by atoms with Crippen LogP contribution in [0.2, 0.25) is 10.0 Å². The zero-order valence-electron chi connectivity index (χ0n) is 21.8. The molecule has 0 heterocycles. The molecule has 4 rings (SSSR count). The lowest BCUT2D eigenvalue weighted by atomic mass is 10.0. The molecule has 0 fully saturated rings. The zero-order valence-corrected chi connectivity index (χ0v) is 23.3. The van der Waals surface area contributed by atoms with Crippen LogP contribution in [-0.4, -0.2) is 46.2 Å². The lowest BCUT2D eigenvalue weighted by molar-refractivity contribution is -0.121. The topological polar surface area (TPSA) is 130 Å². The molecule has 0 aliphatic heterocycles. The molecule has 41 heavy (non-hydrogen) atoms. The number of benzene rings is 4. The number of hydrogen-bond acceptors (Lipinski definition) is 5. The highest BCUT2D eigenvalue weighted by atomic mass is 35.5. The van der Waals surface area contributed by atoms with Crippen molar-refractivity contribution in [2.45, 2.75) is 31.9 Å². The van der Waals surface area contributed by atoms with E-state index in [1.165, 1.54) is 6.07 Å². The molecule has 2 atom stereocenters. The Morgan fingerprint density at radius 3 is 2.15 bits per heavy atom. The third kappa shape index (κ3) is 7.42. The lowest BCUT2D eigenvalue weighted by Gasteiger charge is -2.26. The molecule has 0 spiro atoms. The number of carboxylic acids is 2. The quantitative estimate of drug-likeness (QED) is 0.190. The first-order valence-electron chi connectivity index (χ1n) is 12.5. The number of hydrogen-bond donors (Lipinski definition) is 3. The number of aromatic carboxylic acids is 2. The molecule has 0 aliphatic carbocycles. The predicted molar refractivity (Wildman–Crippen MR) is 155 cm³/mol. The summed E-state index contributed by atoms with van der Waals surface area (Å²) in [5, 5.41) is 24.0. The summed E-state index contributed by atoms with van der Waals surface area (Å²) >= 11 is 12.2. The highest BCUT2D eigenvalue weighted by Gasteiger charge is 2.25. The van der Waals surface area contributed by atoms with Crippen LogP contribution in [0.1, 0.15) is 49.1 Å². The van der Waals surface area contributed by atoms with Gasteiger partial charge >= 0.3 is 17.9 Å². The van der Waals surface area contributed by atoms with Gasteiger partial charge in [0.1, 0.15) is 6.10 Å². The van der Waals surface area contributed by atoms with Gasteiger partial charge in [-0.25, -0.2) is 14.4 Å². The van der Waals surface area contributed by atoms with Crippen molar-refractivity contribution in [1.29, 1.82) is 0 Å². The summed E-state index contributed by atoms with van der Waals surface area (Å²) in [7, 11) is 0. The Morgan fingerprint density at radius 1 is 0.780 bits per heavy atom. The second kappa shape index (κ2) is 12.8. The molecule has 4 aromatic carbocycles. The number of carbonyl (C=O) groups is 4. The molecule has 8 nitrogen and oxygen atoms in total. The number of carbonyl (C=O) groups excluding carboxylic acids is 2. The minimum Gasteiger partial charge on any atom is -0.478 e. The molecule has 0 aromatic heterocycles. The van der Waals surface area contributed by atoms with Crippen LogP contribution in [0, 0.1) is 0 Å². The number of rotatable bonds is 10. The highest BCUT2D eigenvalue weighted by molar-refractivity contribution is 6.42. The van der Waals surface area contributed by atoms with Crippen molar-refractivity contribution in [3.05, 3.63) is 117 Å². The van der Waals surface area contributed by atoms with Gasteiger partial charge in [-0.15, -0.1) is 0 Å². The summed E-state index contributed by atoms with van der Waals surface area (Å²) in [6, 6.07) is 20.9. The average Bonchev–Trinajstić information content (AvgIpc) is 2.94. The van der Waals surface area contributed by atoms with Crippen molar-refractivity contribution in [2.75, 3.05) is 0 Å². The number of carboxylic acid groups (broad SMARTS) is 2. The van der Waals surface area contributed by atoms with E-state index >= 15 is 0 Å². The van der Waals surface area contributed by atoms with Crippen molar-refractivity contribution in [2.24, 2.45) is 0 Å². The van der Waals surface area contributed by atoms with Gasteiger partial charge in [-0.3, -0.25) is 4.79 Å². The fourth-order valence-corrected chi connectivity index (χ4v) is 4.71. The standard InChI is InChI=1S/C31H25Cl2NO7/c1-17(34-28(35)15-18-6-10-23(29(36)37)24(12-18)30(38)39)27(14-19-7-11-25(32)26(33)13-19)41-31(40)22-9-8-20-4-2-3-5-21(20)16-22/h2-13,16-17,27H,14-15H2,1H3,(H,34,35)(H,36,37)(H,38,39)/t17-,27-/m0/s1. The Labute approximate surface area is 245 Å². The summed E-state index contributed by atoms with van der Waals surface area (Å²) in [5.41, 5.74) is 0.592. The number of halogens is 2. The fraction of sp³-hybridized carbons (Fsp3) is 0.161. The van der Waals surface area contributed by atoms with Gasteiger partial charge in [0.05, 0.1) is 39.2 Å². The molecule has 0 aliphatic rings. The van der Waals surface area contributed by atoms with E-state index in [0.717, 1.165) is 28.5 Å². The van der Waals surface area contributed by atoms with Gasteiger partial charge in [0.15, 0.2) is 0 Å². The molecule has 0 unspecified atom stereocenters. The van der Waals surface area contributed by atoms with E-state index in [4.69, 9.17) is 27.9 Å². The van der Waals surface area contributed by atoms with Gasteiger partial charge in [-0.2, -0.15) is 0 Å². The van der Waals surface area contributed by atoms with Gasteiger partial charge in [-0.05, 0) is 65.2 Å². The van der Waals surface area contributed by atoms with Crippen LogP contribution in [0.15, 0.2) is 78.9 Å². The van der Waals surface area contributed by atoms with E-state index in [1.807, 2.05) is 30.3 Å². The Bertz CT molecular complexity index is 1650. The van der Waals surface area contributed by atoms with Crippen molar-refractivity contribution in [3.63, 3.8) is 0 Å². The van der Waals surface area contributed by atoms with Crippen LogP contribution >= 0.6 is 23.2 Å². The maximum Gasteiger partial charge on any atom is 0.338 e. The second-order valence-corrected chi connectivity index (χ2v) is 10.3. The molecule has 0 radical (unpaired) electrons. The first-order chi connectivity index (χ1) is 19.5.